The van der Waals surface area contributed by atoms with Crippen LogP contribution >= 0.6 is 0 Å². The van der Waals surface area contributed by atoms with Crippen LogP contribution in [0, 0.1) is 5.41 Å². The standard InChI is InChI=1S/C16H13N3O3/c1-22-12-8-4-7-11(17)13(12)14(18)19-15(20)9-5-2-3-6-10(9)16(19)21/h2-8,18H,17H2,1H3. The van der Waals surface area contributed by atoms with Crippen LogP contribution in [0.5, 0.6) is 5.75 Å². The van der Waals surface area contributed by atoms with Crippen LogP contribution in [0.2, 0.25) is 0 Å². The average molecular weight is 295 g/mol. The number of hydrogen-bond donors (Lipinski definition) is 2. The molecular formula is C16H13N3O3. The van der Waals surface area contributed by atoms with Crippen molar-refractivity contribution in [3.63, 3.8) is 0 Å². The maximum absolute atomic E-state index is 12.4. The van der Waals surface area contributed by atoms with Gasteiger partial charge in [-0.15, -0.1) is 0 Å². The number of nitrogens with zero attached hydrogens (tertiary/aromatic N) is 1. The summed E-state index contributed by atoms with van der Waals surface area (Å²) in [5.74, 6) is -1.02. The second kappa shape index (κ2) is 5.00. The van der Waals surface area contributed by atoms with E-state index < -0.39 is 11.8 Å². The molecule has 1 aliphatic rings. The summed E-state index contributed by atoms with van der Waals surface area (Å²) in [6.45, 7) is 0. The predicted molar refractivity (Wildman–Crippen MR) is 81.2 cm³/mol. The first-order valence-corrected chi connectivity index (χ1v) is 6.55. The number of amides is 2. The van der Waals surface area contributed by atoms with Crippen LogP contribution in [0.15, 0.2) is 42.5 Å². The predicted octanol–water partition coefficient (Wildman–Crippen LogP) is 1.90. The number of benzene rings is 2. The van der Waals surface area contributed by atoms with Crippen molar-refractivity contribution in [1.29, 1.82) is 5.41 Å². The molecule has 22 heavy (non-hydrogen) atoms. The molecule has 2 amide bonds. The number of nitrogen functional groups attached to an aromatic ring is 1. The van der Waals surface area contributed by atoms with E-state index in [1.807, 2.05) is 0 Å². The second-order valence-electron chi connectivity index (χ2n) is 4.76. The molecule has 1 heterocycles. The van der Waals surface area contributed by atoms with Gasteiger partial charge >= 0.3 is 0 Å². The molecule has 3 rings (SSSR count). The van der Waals surface area contributed by atoms with Crippen molar-refractivity contribution in [3.05, 3.63) is 59.2 Å². The van der Waals surface area contributed by atoms with Gasteiger partial charge in [0.1, 0.15) is 11.6 Å². The van der Waals surface area contributed by atoms with Crippen LogP contribution in [0.25, 0.3) is 0 Å². The highest BCUT2D eigenvalue weighted by Gasteiger charge is 2.39. The third kappa shape index (κ3) is 1.85. The van der Waals surface area contributed by atoms with Gasteiger partial charge < -0.3 is 10.5 Å². The van der Waals surface area contributed by atoms with Crippen molar-refractivity contribution in [2.75, 3.05) is 12.8 Å². The lowest BCUT2D eigenvalue weighted by Gasteiger charge is -2.18. The van der Waals surface area contributed by atoms with Gasteiger partial charge in [0, 0.05) is 5.69 Å². The second-order valence-corrected chi connectivity index (χ2v) is 4.76. The fourth-order valence-corrected chi connectivity index (χ4v) is 2.48. The Morgan fingerprint density at radius 3 is 2.18 bits per heavy atom. The topological polar surface area (TPSA) is 96.5 Å². The molecule has 2 aromatic rings. The molecule has 0 saturated carbocycles. The summed E-state index contributed by atoms with van der Waals surface area (Å²) in [5, 5.41) is 8.27. The first-order chi connectivity index (χ1) is 10.6. The van der Waals surface area contributed by atoms with Gasteiger partial charge in [-0.25, -0.2) is 4.90 Å². The summed E-state index contributed by atoms with van der Waals surface area (Å²) in [4.78, 5) is 25.6. The zero-order valence-corrected chi connectivity index (χ0v) is 11.8. The largest absolute Gasteiger partial charge is 0.496 e. The number of carbonyl (C=O) groups is 2. The molecule has 110 valence electrons. The van der Waals surface area contributed by atoms with Crippen LogP contribution in [-0.2, 0) is 0 Å². The zero-order valence-electron chi connectivity index (χ0n) is 11.8. The first-order valence-electron chi connectivity index (χ1n) is 6.55. The van der Waals surface area contributed by atoms with Crippen molar-refractivity contribution in [2.24, 2.45) is 0 Å². The maximum Gasteiger partial charge on any atom is 0.267 e. The summed E-state index contributed by atoms with van der Waals surface area (Å²) in [5.41, 5.74) is 6.94. The van der Waals surface area contributed by atoms with E-state index in [4.69, 9.17) is 15.9 Å². The van der Waals surface area contributed by atoms with Gasteiger partial charge in [0.25, 0.3) is 11.8 Å². The SMILES string of the molecule is COc1cccc(N)c1C(=N)N1C(=O)c2ccccc2C1=O. The van der Waals surface area contributed by atoms with Gasteiger partial charge in [0.2, 0.25) is 0 Å². The van der Waals surface area contributed by atoms with Gasteiger partial charge in [0.05, 0.1) is 23.8 Å². The number of hydrogen-bond acceptors (Lipinski definition) is 5. The quantitative estimate of drug-likeness (QED) is 0.383. The van der Waals surface area contributed by atoms with E-state index in [2.05, 4.69) is 0 Å². The number of nitrogens with one attached hydrogen (secondary N) is 1. The first kappa shape index (κ1) is 13.8. The fraction of sp³-hybridized carbons (Fsp3) is 0.0625. The van der Waals surface area contributed by atoms with E-state index in [-0.39, 0.29) is 28.2 Å². The minimum atomic E-state index is -0.532. The molecule has 0 bridgehead atoms. The van der Waals surface area contributed by atoms with Crippen molar-refractivity contribution < 1.29 is 14.3 Å². The van der Waals surface area contributed by atoms with Gasteiger partial charge in [-0.2, -0.15) is 0 Å². The lowest BCUT2D eigenvalue weighted by molar-refractivity contribution is 0.0748. The number of rotatable bonds is 2. The highest BCUT2D eigenvalue weighted by Crippen LogP contribution is 2.30. The average Bonchev–Trinajstić information content (AvgIpc) is 2.78. The van der Waals surface area contributed by atoms with Gasteiger partial charge in [-0.1, -0.05) is 18.2 Å². The molecule has 0 aliphatic carbocycles. The Morgan fingerprint density at radius 2 is 1.64 bits per heavy atom. The number of fused-ring (bicyclic) bond motifs is 1. The molecule has 0 radical (unpaired) electrons. The molecule has 6 heteroatoms. The lowest BCUT2D eigenvalue weighted by atomic mass is 10.1. The Morgan fingerprint density at radius 1 is 1.05 bits per heavy atom. The van der Waals surface area contributed by atoms with Gasteiger partial charge in [-0.3, -0.25) is 15.0 Å². The number of anilines is 1. The van der Waals surface area contributed by atoms with Crippen molar-refractivity contribution >= 4 is 23.3 Å². The van der Waals surface area contributed by atoms with Crippen LogP contribution in [0.3, 0.4) is 0 Å². The molecular weight excluding hydrogens is 282 g/mol. The number of amidine groups is 1. The Labute approximate surface area is 126 Å². The molecule has 6 nitrogen and oxygen atoms in total. The molecule has 0 unspecified atom stereocenters. The van der Waals surface area contributed by atoms with Gasteiger partial charge in [-0.05, 0) is 24.3 Å². The van der Waals surface area contributed by atoms with E-state index in [1.165, 1.54) is 7.11 Å². The zero-order chi connectivity index (χ0) is 15.9. The summed E-state index contributed by atoms with van der Waals surface area (Å²) in [6.07, 6.45) is 0. The summed E-state index contributed by atoms with van der Waals surface area (Å²) in [6, 6.07) is 11.4. The summed E-state index contributed by atoms with van der Waals surface area (Å²) >= 11 is 0. The van der Waals surface area contributed by atoms with Crippen LogP contribution in [0.4, 0.5) is 5.69 Å². The minimum Gasteiger partial charge on any atom is -0.496 e. The van der Waals surface area contributed by atoms with Crippen LogP contribution in [0.1, 0.15) is 26.3 Å². The Bertz CT molecular complexity index is 779. The highest BCUT2D eigenvalue weighted by molar-refractivity contribution is 6.32. The number of imide groups is 1. The van der Waals surface area contributed by atoms with Crippen molar-refractivity contribution in [1.82, 2.24) is 4.90 Å². The third-order valence-electron chi connectivity index (χ3n) is 3.53. The van der Waals surface area contributed by atoms with E-state index in [0.717, 1.165) is 4.90 Å². The molecule has 0 spiro atoms. The number of carbonyl (C=O) groups excluding carboxylic acids is 2. The molecule has 3 N–H and O–H groups in total. The van der Waals surface area contributed by atoms with E-state index in [9.17, 15) is 9.59 Å². The molecule has 0 atom stereocenters. The number of methoxy groups -OCH3 is 1. The molecule has 0 saturated heterocycles. The van der Waals surface area contributed by atoms with Crippen LogP contribution < -0.4 is 10.5 Å². The third-order valence-corrected chi connectivity index (χ3v) is 3.53. The normalized spacial score (nSPS) is 13.2. The van der Waals surface area contributed by atoms with Crippen LogP contribution in [-0.4, -0.2) is 29.7 Å². The number of nitrogens with two attached hydrogens (primary N) is 1. The molecule has 1 aliphatic heterocycles. The van der Waals surface area contributed by atoms with Gasteiger partial charge in [0.15, 0.2) is 0 Å². The van der Waals surface area contributed by atoms with Crippen molar-refractivity contribution in [2.45, 2.75) is 0 Å². The van der Waals surface area contributed by atoms with Crippen molar-refractivity contribution in [3.8, 4) is 5.75 Å². The molecule has 0 aromatic heterocycles. The highest BCUT2D eigenvalue weighted by atomic mass is 16.5. The molecule has 0 fully saturated rings. The van der Waals surface area contributed by atoms with E-state index >= 15 is 0 Å². The fourth-order valence-electron chi connectivity index (χ4n) is 2.48. The minimum absolute atomic E-state index is 0.222. The summed E-state index contributed by atoms with van der Waals surface area (Å²) < 4.78 is 5.18. The maximum atomic E-state index is 12.4. The summed E-state index contributed by atoms with van der Waals surface area (Å²) in [7, 11) is 1.44. The molecule has 2 aromatic carbocycles. The van der Waals surface area contributed by atoms with E-state index in [0.29, 0.717) is 5.75 Å². The smallest absolute Gasteiger partial charge is 0.267 e. The monoisotopic (exact) mass is 295 g/mol. The Kier molecular flexibility index (Phi) is 3.14. The Hall–Kier alpha value is -3.15. The number of ether oxygens (including phenoxy) is 1. The lowest BCUT2D eigenvalue weighted by Crippen LogP contribution is -2.36. The Balaban J connectivity index is 2.09. The van der Waals surface area contributed by atoms with E-state index in [1.54, 1.807) is 42.5 Å².